The van der Waals surface area contributed by atoms with Crippen LogP contribution >= 0.6 is 0 Å². The van der Waals surface area contributed by atoms with Crippen LogP contribution in [0.15, 0.2) is 65.3 Å². The quantitative estimate of drug-likeness (QED) is 0.796. The number of para-hydroxylation sites is 1. The molecule has 0 saturated carbocycles. The lowest BCUT2D eigenvalue weighted by Gasteiger charge is -2.36. The number of carbonyl (C=O) groups is 1. The van der Waals surface area contributed by atoms with Crippen molar-refractivity contribution in [3.63, 3.8) is 0 Å². The van der Waals surface area contributed by atoms with E-state index in [0.717, 1.165) is 11.3 Å². The zero-order valence-electron chi connectivity index (χ0n) is 12.9. The molecular weight excluding hydrogens is 293 g/mol. The average molecular weight is 309 g/mol. The van der Waals surface area contributed by atoms with E-state index in [9.17, 15) is 9.18 Å². The normalized spacial score (nSPS) is 16.7. The molecule has 0 bridgehead atoms. The summed E-state index contributed by atoms with van der Waals surface area (Å²) in [7, 11) is 1.79. The Bertz CT molecular complexity index is 782. The number of amides is 1. The fourth-order valence-electron chi connectivity index (χ4n) is 2.35. The van der Waals surface area contributed by atoms with Gasteiger partial charge in [-0.05, 0) is 42.8 Å². The van der Waals surface area contributed by atoms with Gasteiger partial charge in [0.05, 0.1) is 5.69 Å². The maximum absolute atomic E-state index is 13.0. The standard InChI is InChI=1S/C18H16FN3O/c1-13-20-17(12-14-8-10-15(19)11-9-14)18(23)22(21(13)2)16-6-4-3-5-7-16/h3-12H,1-2H3/b17-12-. The number of amidine groups is 1. The molecule has 0 unspecified atom stereocenters. The van der Waals surface area contributed by atoms with Crippen LogP contribution in [-0.2, 0) is 4.79 Å². The van der Waals surface area contributed by atoms with Crippen LogP contribution in [0.4, 0.5) is 10.1 Å². The number of benzene rings is 2. The highest BCUT2D eigenvalue weighted by atomic mass is 19.1. The molecule has 0 radical (unpaired) electrons. The molecule has 0 fully saturated rings. The molecule has 0 atom stereocenters. The van der Waals surface area contributed by atoms with E-state index in [0.29, 0.717) is 11.5 Å². The molecule has 1 heterocycles. The maximum atomic E-state index is 13.0. The van der Waals surface area contributed by atoms with Gasteiger partial charge in [0.1, 0.15) is 17.3 Å². The Morgan fingerprint density at radius 3 is 2.35 bits per heavy atom. The molecule has 0 aliphatic carbocycles. The Balaban J connectivity index is 2.02. The number of rotatable bonds is 2. The van der Waals surface area contributed by atoms with Gasteiger partial charge in [-0.2, -0.15) is 0 Å². The molecule has 2 aromatic carbocycles. The van der Waals surface area contributed by atoms with Crippen molar-refractivity contribution in [2.75, 3.05) is 12.1 Å². The summed E-state index contributed by atoms with van der Waals surface area (Å²) in [5.74, 6) is 0.155. The van der Waals surface area contributed by atoms with Crippen LogP contribution in [0, 0.1) is 5.82 Å². The number of nitrogens with zero attached hydrogens (tertiary/aromatic N) is 3. The summed E-state index contributed by atoms with van der Waals surface area (Å²) in [6.45, 7) is 1.83. The second-order valence-corrected chi connectivity index (χ2v) is 5.22. The van der Waals surface area contributed by atoms with Crippen molar-refractivity contribution in [3.05, 3.63) is 71.7 Å². The van der Waals surface area contributed by atoms with Gasteiger partial charge in [-0.3, -0.25) is 9.80 Å². The number of hydrogen-bond acceptors (Lipinski definition) is 3. The number of halogens is 1. The van der Waals surface area contributed by atoms with Gasteiger partial charge in [0.15, 0.2) is 0 Å². The highest BCUT2D eigenvalue weighted by Crippen LogP contribution is 2.24. The van der Waals surface area contributed by atoms with E-state index < -0.39 is 0 Å². The minimum atomic E-state index is -0.313. The molecule has 4 nitrogen and oxygen atoms in total. The number of carbonyl (C=O) groups excluding carboxylic acids is 1. The second-order valence-electron chi connectivity index (χ2n) is 5.22. The predicted octanol–water partition coefficient (Wildman–Crippen LogP) is 3.48. The third-order valence-corrected chi connectivity index (χ3v) is 3.64. The smallest absolute Gasteiger partial charge is 0.268 e. The highest BCUT2D eigenvalue weighted by Gasteiger charge is 2.29. The van der Waals surface area contributed by atoms with Crippen molar-refractivity contribution in [2.24, 2.45) is 4.99 Å². The predicted molar refractivity (Wildman–Crippen MR) is 89.2 cm³/mol. The van der Waals surface area contributed by atoms with E-state index in [2.05, 4.69) is 4.99 Å². The number of hydrogen-bond donors (Lipinski definition) is 0. The van der Waals surface area contributed by atoms with E-state index >= 15 is 0 Å². The van der Waals surface area contributed by atoms with Gasteiger partial charge in [-0.1, -0.05) is 30.3 Å². The van der Waals surface area contributed by atoms with Crippen molar-refractivity contribution in [2.45, 2.75) is 6.92 Å². The number of anilines is 1. The van der Waals surface area contributed by atoms with Crippen LogP contribution in [0.2, 0.25) is 0 Å². The molecule has 1 aliphatic heterocycles. The van der Waals surface area contributed by atoms with E-state index in [1.165, 1.54) is 12.1 Å². The summed E-state index contributed by atoms with van der Waals surface area (Å²) in [6.07, 6.45) is 1.66. The van der Waals surface area contributed by atoms with E-state index in [1.807, 2.05) is 37.3 Å². The molecule has 23 heavy (non-hydrogen) atoms. The Labute approximate surface area is 134 Å². The minimum absolute atomic E-state index is 0.228. The van der Waals surface area contributed by atoms with Crippen molar-refractivity contribution in [1.82, 2.24) is 5.01 Å². The molecule has 2 aromatic rings. The number of aliphatic imine (C=N–C) groups is 1. The molecule has 0 saturated heterocycles. The van der Waals surface area contributed by atoms with Gasteiger partial charge in [-0.15, -0.1) is 0 Å². The largest absolute Gasteiger partial charge is 0.295 e. The van der Waals surface area contributed by atoms with E-state index in [-0.39, 0.29) is 11.7 Å². The lowest BCUT2D eigenvalue weighted by Crippen LogP contribution is -2.50. The van der Waals surface area contributed by atoms with E-state index in [1.54, 1.807) is 35.3 Å². The molecule has 3 rings (SSSR count). The molecular formula is C18H16FN3O. The molecule has 0 aromatic heterocycles. The SMILES string of the molecule is CC1=N/C(=C\c2ccc(F)cc2)C(=O)N(c2ccccc2)N1C. The molecule has 1 amide bonds. The summed E-state index contributed by atoms with van der Waals surface area (Å²) >= 11 is 0. The Morgan fingerprint density at radius 1 is 1.04 bits per heavy atom. The van der Waals surface area contributed by atoms with Gasteiger partial charge < -0.3 is 0 Å². The van der Waals surface area contributed by atoms with Gasteiger partial charge in [0.2, 0.25) is 0 Å². The van der Waals surface area contributed by atoms with Crippen molar-refractivity contribution < 1.29 is 9.18 Å². The molecule has 0 spiro atoms. The molecule has 0 N–H and O–H groups in total. The fourth-order valence-corrected chi connectivity index (χ4v) is 2.35. The summed E-state index contributed by atoms with van der Waals surface area (Å²) in [4.78, 5) is 17.1. The Morgan fingerprint density at radius 2 is 1.70 bits per heavy atom. The topological polar surface area (TPSA) is 35.9 Å². The van der Waals surface area contributed by atoms with Gasteiger partial charge in [0.25, 0.3) is 5.91 Å². The monoisotopic (exact) mass is 309 g/mol. The molecule has 5 heteroatoms. The van der Waals surface area contributed by atoms with Crippen LogP contribution in [0.1, 0.15) is 12.5 Å². The first-order valence-electron chi connectivity index (χ1n) is 7.22. The first-order chi connectivity index (χ1) is 11.1. The summed E-state index contributed by atoms with van der Waals surface area (Å²) < 4.78 is 13.0. The second kappa shape index (κ2) is 6.04. The zero-order chi connectivity index (χ0) is 16.4. The van der Waals surface area contributed by atoms with Crippen molar-refractivity contribution in [3.8, 4) is 0 Å². The zero-order valence-corrected chi connectivity index (χ0v) is 12.9. The van der Waals surface area contributed by atoms with Gasteiger partial charge in [0, 0.05) is 7.05 Å². The van der Waals surface area contributed by atoms with Crippen molar-refractivity contribution in [1.29, 1.82) is 0 Å². The lowest BCUT2D eigenvalue weighted by atomic mass is 10.1. The average Bonchev–Trinajstić information content (AvgIpc) is 2.56. The van der Waals surface area contributed by atoms with E-state index in [4.69, 9.17) is 0 Å². The first-order valence-corrected chi connectivity index (χ1v) is 7.22. The lowest BCUT2D eigenvalue weighted by molar-refractivity contribution is -0.117. The van der Waals surface area contributed by atoms with Crippen molar-refractivity contribution >= 4 is 23.5 Å². The Kier molecular flexibility index (Phi) is 3.93. The molecule has 1 aliphatic rings. The first kappa shape index (κ1) is 15.0. The highest BCUT2D eigenvalue weighted by molar-refractivity contribution is 6.13. The third kappa shape index (κ3) is 2.99. The summed E-state index contributed by atoms with van der Waals surface area (Å²) in [5.41, 5.74) is 1.80. The minimum Gasteiger partial charge on any atom is -0.268 e. The van der Waals surface area contributed by atoms with Crippen LogP contribution in [-0.4, -0.2) is 23.8 Å². The van der Waals surface area contributed by atoms with Gasteiger partial charge in [-0.25, -0.2) is 14.4 Å². The Hall–Kier alpha value is -2.95. The van der Waals surface area contributed by atoms with Gasteiger partial charge >= 0.3 is 0 Å². The van der Waals surface area contributed by atoms with Crippen LogP contribution < -0.4 is 5.01 Å². The third-order valence-electron chi connectivity index (χ3n) is 3.64. The molecule has 116 valence electrons. The number of hydrazine groups is 1. The fraction of sp³-hybridized carbons (Fsp3) is 0.111. The van der Waals surface area contributed by atoms with Crippen LogP contribution in [0.5, 0.6) is 0 Å². The maximum Gasteiger partial charge on any atom is 0.295 e. The summed E-state index contributed by atoms with van der Waals surface area (Å²) in [6, 6.07) is 15.3. The summed E-state index contributed by atoms with van der Waals surface area (Å²) in [5, 5.41) is 3.28. The van der Waals surface area contributed by atoms with Crippen LogP contribution in [0.25, 0.3) is 6.08 Å². The van der Waals surface area contributed by atoms with Crippen LogP contribution in [0.3, 0.4) is 0 Å².